The highest BCUT2D eigenvalue weighted by molar-refractivity contribution is 7.15. The van der Waals surface area contributed by atoms with E-state index in [4.69, 9.17) is 5.11 Å². The molecular weight excluding hydrogens is 276 g/mol. The van der Waals surface area contributed by atoms with Gasteiger partial charge in [-0.2, -0.15) is 0 Å². The molecule has 0 saturated carbocycles. The van der Waals surface area contributed by atoms with Crippen LogP contribution in [0.1, 0.15) is 19.3 Å². The van der Waals surface area contributed by atoms with Gasteiger partial charge in [-0.25, -0.2) is 4.79 Å². The number of carboxylic acids is 1. The molecule has 0 aliphatic carbocycles. The number of anilines is 2. The largest absolute Gasteiger partial charge is 0.477 e. The van der Waals surface area contributed by atoms with Crippen LogP contribution in [0.15, 0.2) is 36.4 Å². The van der Waals surface area contributed by atoms with Gasteiger partial charge in [0.2, 0.25) is 0 Å². The second-order valence-corrected chi connectivity index (χ2v) is 5.45. The lowest BCUT2D eigenvalue weighted by Crippen LogP contribution is -2.12. The van der Waals surface area contributed by atoms with Crippen LogP contribution in [0, 0.1) is 0 Å². The van der Waals surface area contributed by atoms with Crippen molar-refractivity contribution in [1.82, 2.24) is 0 Å². The molecule has 1 aromatic carbocycles. The third kappa shape index (κ3) is 3.16. The number of rotatable bonds is 4. The Labute approximate surface area is 120 Å². The first kappa shape index (κ1) is 14.1. The first-order chi connectivity index (χ1) is 9.47. The van der Waals surface area contributed by atoms with E-state index in [1.54, 1.807) is 6.07 Å². The fourth-order valence-corrected chi connectivity index (χ4v) is 2.37. The molecular formula is C14H14N2O3S. The molecule has 2 N–H and O–H groups in total. The normalized spacial score (nSPS) is 10.1. The van der Waals surface area contributed by atoms with E-state index < -0.39 is 5.97 Å². The lowest BCUT2D eigenvalue weighted by Gasteiger charge is -2.13. The Kier molecular flexibility index (Phi) is 4.05. The molecule has 0 spiro atoms. The van der Waals surface area contributed by atoms with Gasteiger partial charge < -0.3 is 15.3 Å². The number of carbonyl (C=O) groups is 2. The number of amides is 1. The van der Waals surface area contributed by atoms with Crippen molar-refractivity contribution in [3.8, 4) is 0 Å². The van der Waals surface area contributed by atoms with E-state index in [1.807, 2.05) is 37.2 Å². The third-order valence-electron chi connectivity index (χ3n) is 2.66. The molecule has 0 atom stereocenters. The van der Waals surface area contributed by atoms with Crippen LogP contribution in [-0.2, 0) is 0 Å². The Morgan fingerprint density at radius 2 is 1.85 bits per heavy atom. The molecule has 0 unspecified atom stereocenters. The van der Waals surface area contributed by atoms with Crippen LogP contribution in [0.2, 0.25) is 0 Å². The van der Waals surface area contributed by atoms with E-state index in [0.29, 0.717) is 10.6 Å². The zero-order valence-corrected chi connectivity index (χ0v) is 11.9. The summed E-state index contributed by atoms with van der Waals surface area (Å²) >= 11 is 0.957. The molecule has 1 aromatic heterocycles. The number of benzene rings is 1. The number of nitrogens with zero attached hydrogens (tertiary/aromatic N) is 1. The zero-order chi connectivity index (χ0) is 14.7. The van der Waals surface area contributed by atoms with Crippen molar-refractivity contribution in [3.05, 3.63) is 46.2 Å². The van der Waals surface area contributed by atoms with Gasteiger partial charge >= 0.3 is 5.97 Å². The van der Waals surface area contributed by atoms with Crippen LogP contribution in [0.4, 0.5) is 11.4 Å². The van der Waals surface area contributed by atoms with Gasteiger partial charge in [0.1, 0.15) is 4.88 Å². The number of thiophene rings is 1. The van der Waals surface area contributed by atoms with Crippen LogP contribution in [0.3, 0.4) is 0 Å². The highest BCUT2D eigenvalue weighted by Gasteiger charge is 2.13. The molecule has 2 rings (SSSR count). The minimum atomic E-state index is -1.02. The number of aromatic carboxylic acids is 1. The van der Waals surface area contributed by atoms with Gasteiger partial charge in [0.05, 0.1) is 4.88 Å². The van der Waals surface area contributed by atoms with Crippen molar-refractivity contribution in [2.24, 2.45) is 0 Å². The lowest BCUT2D eigenvalue weighted by molar-refractivity contribution is 0.0702. The Morgan fingerprint density at radius 3 is 2.45 bits per heavy atom. The monoisotopic (exact) mass is 290 g/mol. The number of hydrogen-bond acceptors (Lipinski definition) is 4. The number of nitrogens with one attached hydrogen (secondary N) is 1. The van der Waals surface area contributed by atoms with E-state index in [1.165, 1.54) is 12.1 Å². The maximum atomic E-state index is 12.0. The average molecular weight is 290 g/mol. The summed E-state index contributed by atoms with van der Waals surface area (Å²) in [4.78, 5) is 25.3. The first-order valence-electron chi connectivity index (χ1n) is 5.89. The SMILES string of the molecule is CN(C)c1cccc(NC(=O)c2ccc(C(=O)O)s2)c1. The summed E-state index contributed by atoms with van der Waals surface area (Å²) < 4.78 is 0. The predicted molar refractivity (Wildman–Crippen MR) is 80.0 cm³/mol. The summed E-state index contributed by atoms with van der Waals surface area (Å²) in [6, 6.07) is 10.4. The Bertz CT molecular complexity index is 649. The van der Waals surface area contributed by atoms with Crippen LogP contribution in [0.5, 0.6) is 0 Å². The van der Waals surface area contributed by atoms with E-state index in [9.17, 15) is 9.59 Å². The van der Waals surface area contributed by atoms with Crippen LogP contribution < -0.4 is 10.2 Å². The summed E-state index contributed by atoms with van der Waals surface area (Å²) in [5.41, 5.74) is 1.65. The molecule has 1 amide bonds. The Morgan fingerprint density at radius 1 is 1.15 bits per heavy atom. The van der Waals surface area contributed by atoms with E-state index in [2.05, 4.69) is 5.32 Å². The quantitative estimate of drug-likeness (QED) is 0.908. The fraction of sp³-hybridized carbons (Fsp3) is 0.143. The third-order valence-corrected chi connectivity index (χ3v) is 3.73. The fourth-order valence-electron chi connectivity index (χ4n) is 1.63. The average Bonchev–Trinajstić information content (AvgIpc) is 2.88. The van der Waals surface area contributed by atoms with E-state index in [-0.39, 0.29) is 10.8 Å². The van der Waals surface area contributed by atoms with Crippen molar-refractivity contribution in [2.45, 2.75) is 0 Å². The topological polar surface area (TPSA) is 69.6 Å². The van der Waals surface area contributed by atoms with Crippen LogP contribution in [0.25, 0.3) is 0 Å². The molecule has 2 aromatic rings. The maximum absolute atomic E-state index is 12.0. The van der Waals surface area contributed by atoms with Gasteiger partial charge in [-0.3, -0.25) is 4.79 Å². The van der Waals surface area contributed by atoms with Crippen LogP contribution in [-0.4, -0.2) is 31.1 Å². The minimum Gasteiger partial charge on any atom is -0.477 e. The molecule has 0 fully saturated rings. The van der Waals surface area contributed by atoms with Gasteiger partial charge in [-0.15, -0.1) is 11.3 Å². The summed E-state index contributed by atoms with van der Waals surface area (Å²) in [7, 11) is 3.83. The zero-order valence-electron chi connectivity index (χ0n) is 11.1. The van der Waals surface area contributed by atoms with Crippen LogP contribution >= 0.6 is 11.3 Å². The summed E-state index contributed by atoms with van der Waals surface area (Å²) in [6.45, 7) is 0. The molecule has 20 heavy (non-hydrogen) atoms. The molecule has 104 valence electrons. The van der Waals surface area contributed by atoms with Crippen molar-refractivity contribution >= 4 is 34.6 Å². The van der Waals surface area contributed by atoms with Gasteiger partial charge in [0, 0.05) is 25.5 Å². The standard InChI is InChI=1S/C14H14N2O3S/c1-16(2)10-5-3-4-9(8-10)15-13(17)11-6-7-12(20-11)14(18)19/h3-8H,1-2H3,(H,15,17)(H,18,19). The Hall–Kier alpha value is -2.34. The minimum absolute atomic E-state index is 0.150. The highest BCUT2D eigenvalue weighted by atomic mass is 32.1. The highest BCUT2D eigenvalue weighted by Crippen LogP contribution is 2.21. The van der Waals surface area contributed by atoms with E-state index >= 15 is 0 Å². The Balaban J connectivity index is 2.14. The molecule has 0 aliphatic rings. The molecule has 0 aliphatic heterocycles. The summed E-state index contributed by atoms with van der Waals surface area (Å²) in [6.07, 6.45) is 0. The van der Waals surface area contributed by atoms with E-state index in [0.717, 1.165) is 17.0 Å². The molecule has 0 bridgehead atoms. The molecule has 5 nitrogen and oxygen atoms in total. The van der Waals surface area contributed by atoms with Gasteiger partial charge in [-0.1, -0.05) is 6.07 Å². The van der Waals surface area contributed by atoms with Crippen molar-refractivity contribution < 1.29 is 14.7 Å². The van der Waals surface area contributed by atoms with Crippen molar-refractivity contribution in [2.75, 3.05) is 24.3 Å². The number of hydrogen-bond donors (Lipinski definition) is 2. The molecule has 6 heteroatoms. The summed E-state index contributed by atoms with van der Waals surface area (Å²) in [5.74, 6) is -1.33. The number of carboxylic acid groups (broad SMARTS) is 1. The number of carbonyl (C=O) groups excluding carboxylic acids is 1. The second kappa shape index (κ2) is 5.75. The van der Waals surface area contributed by atoms with Gasteiger partial charge in [-0.05, 0) is 30.3 Å². The molecule has 0 radical (unpaired) electrons. The molecule has 0 saturated heterocycles. The molecule has 1 heterocycles. The lowest BCUT2D eigenvalue weighted by atomic mass is 10.2. The maximum Gasteiger partial charge on any atom is 0.345 e. The van der Waals surface area contributed by atoms with Crippen molar-refractivity contribution in [3.63, 3.8) is 0 Å². The smallest absolute Gasteiger partial charge is 0.345 e. The van der Waals surface area contributed by atoms with Crippen molar-refractivity contribution in [1.29, 1.82) is 0 Å². The van der Waals surface area contributed by atoms with Gasteiger partial charge in [0.25, 0.3) is 5.91 Å². The summed E-state index contributed by atoms with van der Waals surface area (Å²) in [5, 5.41) is 11.6. The predicted octanol–water partition coefficient (Wildman–Crippen LogP) is 2.76. The second-order valence-electron chi connectivity index (χ2n) is 4.37. The first-order valence-corrected chi connectivity index (χ1v) is 6.71. The van der Waals surface area contributed by atoms with Gasteiger partial charge in [0.15, 0.2) is 0 Å².